The molecule has 0 bridgehead atoms. The molecule has 0 radical (unpaired) electrons. The third-order valence-corrected chi connectivity index (χ3v) is 6.11. The third-order valence-electron chi connectivity index (χ3n) is 4.69. The van der Waals surface area contributed by atoms with Crippen molar-refractivity contribution >= 4 is 21.6 Å². The van der Waals surface area contributed by atoms with Crippen molar-refractivity contribution in [1.82, 2.24) is 9.62 Å². The van der Waals surface area contributed by atoms with Gasteiger partial charge in [-0.15, -0.1) is 0 Å². The van der Waals surface area contributed by atoms with E-state index in [1.165, 1.54) is 6.92 Å². The Kier molecular flexibility index (Phi) is 4.44. The van der Waals surface area contributed by atoms with Crippen LogP contribution in [0.3, 0.4) is 0 Å². The second kappa shape index (κ2) is 6.22. The average molecular weight is 337 g/mol. The number of hydrogen-bond acceptors (Lipinski definition) is 4. The summed E-state index contributed by atoms with van der Waals surface area (Å²) in [6.45, 7) is 4.58. The molecule has 6 nitrogen and oxygen atoms in total. The first-order chi connectivity index (χ1) is 10.9. The van der Waals surface area contributed by atoms with Crippen molar-refractivity contribution in [2.75, 3.05) is 38.1 Å². The number of fused-ring (bicyclic) bond motifs is 1. The Balaban J connectivity index is 1.72. The molecule has 1 amide bonds. The van der Waals surface area contributed by atoms with E-state index < -0.39 is 10.0 Å². The highest BCUT2D eigenvalue weighted by Gasteiger charge is 2.26. The summed E-state index contributed by atoms with van der Waals surface area (Å²) in [4.78, 5) is 15.7. The minimum Gasteiger partial charge on any atom is -0.312 e. The van der Waals surface area contributed by atoms with Crippen LogP contribution in [0.4, 0.5) is 5.69 Å². The van der Waals surface area contributed by atoms with E-state index >= 15 is 0 Å². The van der Waals surface area contributed by atoms with E-state index in [-0.39, 0.29) is 10.8 Å². The molecule has 0 aliphatic carbocycles. The molecular weight excluding hydrogens is 314 g/mol. The van der Waals surface area contributed by atoms with Gasteiger partial charge < -0.3 is 9.80 Å². The maximum absolute atomic E-state index is 12.5. The molecule has 7 heteroatoms. The summed E-state index contributed by atoms with van der Waals surface area (Å²) in [5.41, 5.74) is 1.75. The Morgan fingerprint density at radius 3 is 2.78 bits per heavy atom. The molecule has 2 heterocycles. The fraction of sp³-hybridized carbons (Fsp3) is 0.562. The number of likely N-dealkylation sites (tertiary alicyclic amines) is 1. The number of nitrogens with zero attached hydrogens (tertiary/aromatic N) is 2. The van der Waals surface area contributed by atoms with Gasteiger partial charge in [0.25, 0.3) is 0 Å². The smallest absolute Gasteiger partial charge is 0.240 e. The molecule has 1 N–H and O–H groups in total. The minimum atomic E-state index is -3.50. The molecule has 1 fully saturated rings. The maximum atomic E-state index is 12.5. The van der Waals surface area contributed by atoms with Crippen LogP contribution in [0.2, 0.25) is 0 Å². The van der Waals surface area contributed by atoms with Gasteiger partial charge in [-0.05, 0) is 56.1 Å². The van der Waals surface area contributed by atoms with Gasteiger partial charge in [0.2, 0.25) is 15.9 Å². The molecule has 0 aromatic heterocycles. The normalized spacial score (nSPS) is 21.7. The van der Waals surface area contributed by atoms with Crippen LogP contribution in [0.1, 0.15) is 18.9 Å². The number of nitrogens with one attached hydrogen (secondary N) is 1. The van der Waals surface area contributed by atoms with Gasteiger partial charge >= 0.3 is 0 Å². The lowest BCUT2D eigenvalue weighted by Crippen LogP contribution is -2.30. The number of sulfonamides is 1. The van der Waals surface area contributed by atoms with Crippen molar-refractivity contribution in [3.63, 3.8) is 0 Å². The molecule has 126 valence electrons. The van der Waals surface area contributed by atoms with Crippen LogP contribution in [-0.2, 0) is 21.2 Å². The number of rotatable bonds is 4. The molecule has 3 rings (SSSR count). The summed E-state index contributed by atoms with van der Waals surface area (Å²) in [6, 6.07) is 5.02. The van der Waals surface area contributed by atoms with Gasteiger partial charge in [-0.1, -0.05) is 0 Å². The predicted octanol–water partition coefficient (Wildman–Crippen LogP) is 0.826. The van der Waals surface area contributed by atoms with Crippen LogP contribution in [-0.4, -0.2) is 52.5 Å². The van der Waals surface area contributed by atoms with Crippen LogP contribution in [0.25, 0.3) is 0 Å². The summed E-state index contributed by atoms with van der Waals surface area (Å²) in [7, 11) is -1.45. The zero-order valence-corrected chi connectivity index (χ0v) is 14.4. The van der Waals surface area contributed by atoms with E-state index in [2.05, 4.69) is 16.7 Å². The summed E-state index contributed by atoms with van der Waals surface area (Å²) in [5.74, 6) is 0.361. The molecule has 2 aliphatic rings. The van der Waals surface area contributed by atoms with Gasteiger partial charge in [-0.25, -0.2) is 13.1 Å². The first-order valence-electron chi connectivity index (χ1n) is 7.96. The highest BCUT2D eigenvalue weighted by Crippen LogP contribution is 2.30. The van der Waals surface area contributed by atoms with E-state index in [4.69, 9.17) is 0 Å². The number of carbonyl (C=O) groups excluding carboxylic acids is 1. The van der Waals surface area contributed by atoms with E-state index in [1.807, 2.05) is 0 Å². The topological polar surface area (TPSA) is 69.7 Å². The molecule has 1 saturated heterocycles. The number of hydrogen-bond donors (Lipinski definition) is 1. The standard InChI is InChI=1S/C16H23N3O3S/c1-12(20)19-8-6-14-9-15(3-4-16(14)19)23(21,22)17-10-13-5-7-18(2)11-13/h3-4,9,13,17H,5-8,10-11H2,1-2H3. The quantitative estimate of drug-likeness (QED) is 0.883. The highest BCUT2D eigenvalue weighted by atomic mass is 32.2. The van der Waals surface area contributed by atoms with Crippen LogP contribution >= 0.6 is 0 Å². The fourth-order valence-electron chi connectivity index (χ4n) is 3.38. The molecule has 23 heavy (non-hydrogen) atoms. The fourth-order valence-corrected chi connectivity index (χ4v) is 4.54. The van der Waals surface area contributed by atoms with Crippen molar-refractivity contribution in [3.05, 3.63) is 23.8 Å². The minimum absolute atomic E-state index is 0.0113. The second-order valence-electron chi connectivity index (χ2n) is 6.48. The van der Waals surface area contributed by atoms with Gasteiger partial charge in [-0.3, -0.25) is 4.79 Å². The molecule has 1 aromatic carbocycles. The predicted molar refractivity (Wildman–Crippen MR) is 89.0 cm³/mol. The zero-order chi connectivity index (χ0) is 16.6. The van der Waals surface area contributed by atoms with Gasteiger partial charge in [0.15, 0.2) is 0 Å². The lowest BCUT2D eigenvalue weighted by Gasteiger charge is -2.15. The van der Waals surface area contributed by atoms with Crippen LogP contribution < -0.4 is 9.62 Å². The van der Waals surface area contributed by atoms with Crippen molar-refractivity contribution in [2.45, 2.75) is 24.7 Å². The van der Waals surface area contributed by atoms with E-state index in [0.717, 1.165) is 30.8 Å². The maximum Gasteiger partial charge on any atom is 0.240 e. The molecule has 1 unspecified atom stereocenters. The average Bonchev–Trinajstić information content (AvgIpc) is 3.10. The van der Waals surface area contributed by atoms with Crippen LogP contribution in [0.15, 0.2) is 23.1 Å². The largest absolute Gasteiger partial charge is 0.312 e. The monoisotopic (exact) mass is 337 g/mol. The van der Waals surface area contributed by atoms with Gasteiger partial charge in [0.05, 0.1) is 4.90 Å². The van der Waals surface area contributed by atoms with Crippen molar-refractivity contribution in [1.29, 1.82) is 0 Å². The van der Waals surface area contributed by atoms with Crippen molar-refractivity contribution < 1.29 is 13.2 Å². The Labute approximate surface area is 137 Å². The summed E-state index contributed by atoms with van der Waals surface area (Å²) < 4.78 is 27.7. The summed E-state index contributed by atoms with van der Waals surface area (Å²) in [6.07, 6.45) is 1.72. The Morgan fingerprint density at radius 1 is 1.35 bits per heavy atom. The molecule has 1 aromatic rings. The van der Waals surface area contributed by atoms with Gasteiger partial charge in [0, 0.05) is 32.2 Å². The number of anilines is 1. The van der Waals surface area contributed by atoms with E-state index in [9.17, 15) is 13.2 Å². The lowest BCUT2D eigenvalue weighted by molar-refractivity contribution is -0.116. The number of carbonyl (C=O) groups is 1. The SMILES string of the molecule is CC(=O)N1CCc2cc(S(=O)(=O)NCC3CCN(C)C3)ccc21. The molecule has 0 spiro atoms. The Morgan fingerprint density at radius 2 is 2.13 bits per heavy atom. The zero-order valence-electron chi connectivity index (χ0n) is 13.6. The lowest BCUT2D eigenvalue weighted by atomic mass is 10.1. The van der Waals surface area contributed by atoms with Crippen molar-refractivity contribution in [3.8, 4) is 0 Å². The number of amides is 1. The van der Waals surface area contributed by atoms with E-state index in [0.29, 0.717) is 25.4 Å². The van der Waals surface area contributed by atoms with Gasteiger partial charge in [0.1, 0.15) is 0 Å². The van der Waals surface area contributed by atoms with E-state index in [1.54, 1.807) is 23.1 Å². The summed E-state index contributed by atoms with van der Waals surface area (Å²) >= 11 is 0. The first kappa shape index (κ1) is 16.4. The van der Waals surface area contributed by atoms with Crippen LogP contribution in [0.5, 0.6) is 0 Å². The summed E-state index contributed by atoms with van der Waals surface area (Å²) in [5, 5.41) is 0. The molecule has 0 saturated carbocycles. The third kappa shape index (κ3) is 3.41. The van der Waals surface area contributed by atoms with Gasteiger partial charge in [-0.2, -0.15) is 0 Å². The molecule has 2 aliphatic heterocycles. The number of benzene rings is 1. The Bertz CT molecular complexity index is 717. The first-order valence-corrected chi connectivity index (χ1v) is 9.44. The molecule has 1 atom stereocenters. The highest BCUT2D eigenvalue weighted by molar-refractivity contribution is 7.89. The van der Waals surface area contributed by atoms with Crippen LogP contribution in [0, 0.1) is 5.92 Å². The second-order valence-corrected chi connectivity index (χ2v) is 8.25. The Hall–Kier alpha value is -1.44. The molecular formula is C16H23N3O3S. The van der Waals surface area contributed by atoms with Crippen molar-refractivity contribution in [2.24, 2.45) is 5.92 Å².